The molecule has 0 amide bonds. The van der Waals surface area contributed by atoms with Gasteiger partial charge in [0.15, 0.2) is 0 Å². The molecule has 0 aliphatic carbocycles. The third-order valence-electron chi connectivity index (χ3n) is 4.27. The normalized spacial score (nSPS) is 13.5. The van der Waals surface area contributed by atoms with Crippen LogP contribution in [0.4, 0.5) is 0 Å². The topological polar surface area (TPSA) is 40.1 Å². The molecule has 2 nitrogen and oxygen atoms in total. The Bertz CT molecular complexity index is 219. The van der Waals surface area contributed by atoms with Gasteiger partial charge in [0, 0.05) is 19.7 Å². The van der Waals surface area contributed by atoms with E-state index in [4.69, 9.17) is 0 Å². The molecule has 1 atom stereocenters. The molecule has 0 aliphatic heterocycles. The van der Waals surface area contributed by atoms with Gasteiger partial charge in [0.2, 0.25) is 0 Å². The zero-order chi connectivity index (χ0) is 14.7. The van der Waals surface area contributed by atoms with Crippen molar-refractivity contribution >= 4 is 13.2 Å². The molecule has 1 unspecified atom stereocenters. The first-order valence-electron chi connectivity index (χ1n) is 8.08. The van der Waals surface area contributed by atoms with Gasteiger partial charge in [-0.15, -0.1) is 0 Å². The highest BCUT2D eigenvalue weighted by molar-refractivity contribution is 7.76. The highest BCUT2D eigenvalue weighted by Crippen LogP contribution is 2.65. The van der Waals surface area contributed by atoms with Gasteiger partial charge in [-0.05, 0) is 26.2 Å². The molecule has 0 saturated heterocycles. The largest absolute Gasteiger partial charge is 0.550 e. The minimum Gasteiger partial charge on any atom is -0.550 e. The average Bonchev–Trinajstić information content (AvgIpc) is 2.37. The number of hydrogen-bond donors (Lipinski definition) is 0. The van der Waals surface area contributed by atoms with E-state index in [2.05, 4.69) is 27.7 Å². The molecule has 114 valence electrons. The molecule has 0 rings (SSSR count). The van der Waals surface area contributed by atoms with E-state index in [9.17, 15) is 9.90 Å². The summed E-state index contributed by atoms with van der Waals surface area (Å²) in [6, 6.07) is 0. The van der Waals surface area contributed by atoms with Crippen LogP contribution in [0.3, 0.4) is 0 Å². The van der Waals surface area contributed by atoms with Crippen molar-refractivity contribution in [2.45, 2.75) is 78.3 Å². The van der Waals surface area contributed by atoms with E-state index in [1.165, 1.54) is 57.0 Å². The Balaban J connectivity index is 4.89. The van der Waals surface area contributed by atoms with Gasteiger partial charge in [0.25, 0.3) is 0 Å². The Morgan fingerprint density at radius 3 is 1.58 bits per heavy atom. The molecule has 0 radical (unpaired) electrons. The molecule has 0 aliphatic rings. The summed E-state index contributed by atoms with van der Waals surface area (Å²) in [5, 5.41) is 11.0. The molecule has 0 heterocycles. The lowest BCUT2D eigenvalue weighted by Crippen LogP contribution is -2.30. The molecule has 0 saturated carbocycles. The van der Waals surface area contributed by atoms with Gasteiger partial charge < -0.3 is 9.90 Å². The first kappa shape index (κ1) is 18.9. The second kappa shape index (κ2) is 10.7. The zero-order valence-corrected chi connectivity index (χ0v) is 14.3. The number of rotatable bonds is 12. The Labute approximate surface area is 120 Å². The third-order valence-corrected chi connectivity index (χ3v) is 9.94. The lowest BCUT2D eigenvalue weighted by Gasteiger charge is -2.34. The van der Waals surface area contributed by atoms with Crippen molar-refractivity contribution < 1.29 is 9.90 Å². The average molecular weight is 288 g/mol. The van der Waals surface area contributed by atoms with Crippen molar-refractivity contribution in [2.24, 2.45) is 0 Å². The van der Waals surface area contributed by atoms with Crippen molar-refractivity contribution in [3.63, 3.8) is 0 Å². The summed E-state index contributed by atoms with van der Waals surface area (Å²) >= 11 is 0. The van der Waals surface area contributed by atoms with Crippen molar-refractivity contribution in [3.8, 4) is 0 Å². The maximum Gasteiger partial charge on any atom is 0.0721 e. The van der Waals surface area contributed by atoms with Crippen LogP contribution in [-0.2, 0) is 4.79 Å². The van der Waals surface area contributed by atoms with E-state index in [1.54, 1.807) is 0 Å². The Morgan fingerprint density at radius 1 is 0.947 bits per heavy atom. The van der Waals surface area contributed by atoms with Crippen LogP contribution in [0.25, 0.3) is 0 Å². The van der Waals surface area contributed by atoms with Crippen LogP contribution in [0.1, 0.15) is 72.6 Å². The number of carbonyl (C=O) groups is 1. The first-order chi connectivity index (χ1) is 9.02. The Kier molecular flexibility index (Phi) is 10.6. The maximum absolute atomic E-state index is 11.0. The zero-order valence-electron chi connectivity index (χ0n) is 13.4. The highest BCUT2D eigenvalue weighted by Gasteiger charge is 2.41. The molecule has 19 heavy (non-hydrogen) atoms. The fraction of sp³-hybridized carbons (Fsp3) is 0.938. The van der Waals surface area contributed by atoms with Crippen LogP contribution in [0.5, 0.6) is 0 Å². The number of carboxylic acids is 1. The second-order valence-corrected chi connectivity index (χ2v) is 10.5. The summed E-state index contributed by atoms with van der Waals surface area (Å²) in [7, 11) is -1.11. The number of unbranched alkanes of at least 4 members (excludes halogenated alkanes) is 3. The SMILES string of the molecule is CCCC[P+](CCCC)(CCCC)C(C)CC(=O)[O-]. The van der Waals surface area contributed by atoms with Gasteiger partial charge in [0.1, 0.15) is 0 Å². The summed E-state index contributed by atoms with van der Waals surface area (Å²) < 4.78 is 0. The smallest absolute Gasteiger partial charge is 0.0721 e. The fourth-order valence-corrected chi connectivity index (χ4v) is 8.22. The fourth-order valence-electron chi connectivity index (χ4n) is 2.85. The van der Waals surface area contributed by atoms with E-state index < -0.39 is 13.2 Å². The van der Waals surface area contributed by atoms with E-state index in [0.717, 1.165) is 0 Å². The van der Waals surface area contributed by atoms with Gasteiger partial charge in [-0.2, -0.15) is 0 Å². The number of carboxylic acid groups (broad SMARTS) is 1. The standard InChI is InChI=1S/C16H33O2P/c1-5-8-11-19(12-9-6-2,13-10-7-3)15(4)14-16(17)18/h15H,5-14H2,1-4H3. The van der Waals surface area contributed by atoms with Gasteiger partial charge in [-0.1, -0.05) is 40.0 Å². The summed E-state index contributed by atoms with van der Waals surface area (Å²) in [6.07, 6.45) is 11.6. The predicted molar refractivity (Wildman–Crippen MR) is 85.3 cm³/mol. The van der Waals surface area contributed by atoms with Crippen LogP contribution >= 0.6 is 7.26 Å². The van der Waals surface area contributed by atoms with Gasteiger partial charge >= 0.3 is 0 Å². The third kappa shape index (κ3) is 7.30. The van der Waals surface area contributed by atoms with Crippen molar-refractivity contribution in [1.82, 2.24) is 0 Å². The van der Waals surface area contributed by atoms with Crippen molar-refractivity contribution in [2.75, 3.05) is 18.5 Å². The number of aliphatic carboxylic acids is 1. The lowest BCUT2D eigenvalue weighted by atomic mass is 10.3. The van der Waals surface area contributed by atoms with Crippen LogP contribution in [0.2, 0.25) is 0 Å². The monoisotopic (exact) mass is 288 g/mol. The quantitative estimate of drug-likeness (QED) is 0.510. The second-order valence-electron chi connectivity index (χ2n) is 5.88. The molecule has 0 fully saturated rings. The van der Waals surface area contributed by atoms with E-state index in [0.29, 0.717) is 5.66 Å². The van der Waals surface area contributed by atoms with Gasteiger partial charge in [0.05, 0.1) is 24.1 Å². The minimum atomic E-state index is -1.11. The summed E-state index contributed by atoms with van der Waals surface area (Å²) in [5.74, 6) is -0.860. The van der Waals surface area contributed by atoms with Crippen LogP contribution in [0, 0.1) is 0 Å². The molecule has 0 aromatic heterocycles. The maximum atomic E-state index is 11.0. The predicted octanol–water partition coefficient (Wildman–Crippen LogP) is 3.93. The molecule has 0 N–H and O–H groups in total. The Hall–Kier alpha value is -0.100. The van der Waals surface area contributed by atoms with Gasteiger partial charge in [-0.25, -0.2) is 0 Å². The summed E-state index contributed by atoms with van der Waals surface area (Å²) in [6.45, 7) is 8.87. The minimum absolute atomic E-state index is 0.269. The van der Waals surface area contributed by atoms with Crippen molar-refractivity contribution in [3.05, 3.63) is 0 Å². The molecule has 0 aromatic rings. The van der Waals surface area contributed by atoms with E-state index in [1.807, 2.05) is 0 Å². The van der Waals surface area contributed by atoms with Crippen molar-refractivity contribution in [1.29, 1.82) is 0 Å². The van der Waals surface area contributed by atoms with Crippen LogP contribution in [-0.4, -0.2) is 30.1 Å². The molecular formula is C16H33O2P. The van der Waals surface area contributed by atoms with E-state index in [-0.39, 0.29) is 6.42 Å². The molecule has 0 spiro atoms. The van der Waals surface area contributed by atoms with E-state index >= 15 is 0 Å². The first-order valence-corrected chi connectivity index (χ1v) is 10.5. The number of carbonyl (C=O) groups excluding carboxylic acids is 1. The Morgan fingerprint density at radius 2 is 1.32 bits per heavy atom. The molecule has 3 heteroatoms. The molecule has 0 aromatic carbocycles. The van der Waals surface area contributed by atoms with Gasteiger partial charge in [-0.3, -0.25) is 0 Å². The molecule has 0 bridgehead atoms. The highest BCUT2D eigenvalue weighted by atomic mass is 31.2. The lowest BCUT2D eigenvalue weighted by molar-refractivity contribution is -0.305. The summed E-state index contributed by atoms with van der Waals surface area (Å²) in [4.78, 5) is 11.0. The number of hydrogen-bond acceptors (Lipinski definition) is 2. The van der Waals surface area contributed by atoms with Crippen LogP contribution < -0.4 is 5.11 Å². The molecular weight excluding hydrogens is 255 g/mol. The summed E-state index contributed by atoms with van der Waals surface area (Å²) in [5.41, 5.74) is 0.349. The van der Waals surface area contributed by atoms with Crippen LogP contribution in [0.15, 0.2) is 0 Å².